The summed E-state index contributed by atoms with van der Waals surface area (Å²) in [5.74, 6) is -0.00178. The van der Waals surface area contributed by atoms with E-state index < -0.39 is 0 Å². The van der Waals surface area contributed by atoms with Gasteiger partial charge in [0.1, 0.15) is 11.4 Å². The predicted molar refractivity (Wildman–Crippen MR) is 114 cm³/mol. The van der Waals surface area contributed by atoms with Crippen LogP contribution in [0.15, 0.2) is 40.8 Å². The number of halogens is 1. The minimum Gasteiger partial charge on any atom is -0.338 e. The smallest absolute Gasteiger partial charge is 0.263 e. The van der Waals surface area contributed by atoms with Crippen LogP contribution in [0, 0.1) is 0 Å². The van der Waals surface area contributed by atoms with E-state index in [0.29, 0.717) is 15.2 Å². The summed E-state index contributed by atoms with van der Waals surface area (Å²) in [6, 6.07) is 7.68. The summed E-state index contributed by atoms with van der Waals surface area (Å²) in [5, 5.41) is 3.15. The molecule has 7 heteroatoms. The third kappa shape index (κ3) is 3.59. The summed E-state index contributed by atoms with van der Waals surface area (Å²) in [4.78, 5) is 33.1. The molecule has 2 aromatic heterocycles. The molecule has 1 fully saturated rings. The van der Waals surface area contributed by atoms with Crippen LogP contribution in [0.3, 0.4) is 0 Å². The van der Waals surface area contributed by atoms with Crippen molar-refractivity contribution in [3.8, 4) is 11.1 Å². The molecule has 0 spiro atoms. The lowest BCUT2D eigenvalue weighted by atomic mass is 10.00. The Morgan fingerprint density at radius 1 is 1.29 bits per heavy atom. The van der Waals surface area contributed by atoms with Crippen molar-refractivity contribution in [3.05, 3.63) is 51.3 Å². The molecule has 0 saturated carbocycles. The molecule has 28 heavy (non-hydrogen) atoms. The fraction of sp³-hybridized carbons (Fsp3) is 0.381. The monoisotopic (exact) mass is 415 g/mol. The normalized spacial score (nSPS) is 17.2. The van der Waals surface area contributed by atoms with Crippen molar-refractivity contribution >= 4 is 39.1 Å². The lowest BCUT2D eigenvalue weighted by molar-refractivity contribution is -0.135. The maximum Gasteiger partial charge on any atom is 0.263 e. The van der Waals surface area contributed by atoms with Gasteiger partial charge in [0.25, 0.3) is 5.56 Å². The molecule has 1 aliphatic heterocycles. The van der Waals surface area contributed by atoms with Gasteiger partial charge >= 0.3 is 0 Å². The maximum absolute atomic E-state index is 13.2. The summed E-state index contributed by atoms with van der Waals surface area (Å²) in [5.41, 5.74) is 1.58. The number of benzene rings is 1. The Kier molecular flexibility index (Phi) is 5.51. The molecule has 3 aromatic rings. The first-order chi connectivity index (χ1) is 13.6. The number of hydrogen-bond donors (Lipinski definition) is 0. The van der Waals surface area contributed by atoms with Gasteiger partial charge in [-0.25, -0.2) is 4.98 Å². The van der Waals surface area contributed by atoms with Gasteiger partial charge in [-0.3, -0.25) is 14.2 Å². The first-order valence-electron chi connectivity index (χ1n) is 9.60. The molecule has 0 N–H and O–H groups in total. The van der Waals surface area contributed by atoms with Gasteiger partial charge < -0.3 is 4.90 Å². The summed E-state index contributed by atoms with van der Waals surface area (Å²) in [7, 11) is 0. The van der Waals surface area contributed by atoms with Gasteiger partial charge in [0.05, 0.1) is 11.7 Å². The molecule has 146 valence electrons. The molecule has 0 bridgehead atoms. The number of carbonyl (C=O) groups excluding carboxylic acids is 1. The van der Waals surface area contributed by atoms with E-state index in [9.17, 15) is 9.59 Å². The van der Waals surface area contributed by atoms with Crippen molar-refractivity contribution in [2.24, 2.45) is 0 Å². The molecule has 0 aliphatic carbocycles. The summed E-state index contributed by atoms with van der Waals surface area (Å²) >= 11 is 7.42. The Bertz CT molecular complexity index is 1060. The Hall–Kier alpha value is -2.18. The average Bonchev–Trinajstić information content (AvgIpc) is 3.15. The quantitative estimate of drug-likeness (QED) is 0.627. The molecule has 4 rings (SSSR count). The first-order valence-corrected chi connectivity index (χ1v) is 10.9. The minimum atomic E-state index is -0.172. The van der Waals surface area contributed by atoms with E-state index in [0.717, 1.165) is 43.4 Å². The molecule has 1 aliphatic rings. The molecule has 0 radical (unpaired) electrons. The molecule has 1 amide bonds. The van der Waals surface area contributed by atoms with Crippen LogP contribution in [0.25, 0.3) is 21.3 Å². The van der Waals surface area contributed by atoms with Gasteiger partial charge in [-0.2, -0.15) is 0 Å². The number of carbonyl (C=O) groups is 1. The second-order valence-corrected chi connectivity index (χ2v) is 8.45. The number of nitrogens with zero attached hydrogens (tertiary/aromatic N) is 3. The largest absolute Gasteiger partial charge is 0.338 e. The van der Waals surface area contributed by atoms with Crippen molar-refractivity contribution in [1.82, 2.24) is 14.5 Å². The highest BCUT2D eigenvalue weighted by Gasteiger charge is 2.26. The molecule has 1 aromatic carbocycles. The molecule has 5 nitrogen and oxygen atoms in total. The van der Waals surface area contributed by atoms with Gasteiger partial charge in [-0.05, 0) is 43.4 Å². The van der Waals surface area contributed by atoms with E-state index in [4.69, 9.17) is 11.6 Å². The molecule has 1 atom stereocenters. The molecule has 3 heterocycles. The van der Waals surface area contributed by atoms with Crippen molar-refractivity contribution in [3.63, 3.8) is 0 Å². The highest BCUT2D eigenvalue weighted by Crippen LogP contribution is 2.31. The van der Waals surface area contributed by atoms with Crippen LogP contribution in [-0.4, -0.2) is 32.9 Å². The van der Waals surface area contributed by atoms with Crippen LogP contribution in [-0.2, 0) is 11.3 Å². The van der Waals surface area contributed by atoms with Crippen molar-refractivity contribution < 1.29 is 4.79 Å². The zero-order chi connectivity index (χ0) is 19.7. The Labute approximate surface area is 172 Å². The zero-order valence-corrected chi connectivity index (χ0v) is 17.3. The number of rotatable bonds is 4. The summed E-state index contributed by atoms with van der Waals surface area (Å²) in [6.07, 6.45) is 5.67. The number of hydrogen-bond acceptors (Lipinski definition) is 4. The second-order valence-electron chi connectivity index (χ2n) is 7.16. The van der Waals surface area contributed by atoms with Crippen LogP contribution >= 0.6 is 22.9 Å². The van der Waals surface area contributed by atoms with E-state index in [2.05, 4.69) is 11.9 Å². The van der Waals surface area contributed by atoms with E-state index in [1.165, 1.54) is 22.2 Å². The fourth-order valence-corrected chi connectivity index (χ4v) is 4.94. The van der Waals surface area contributed by atoms with Gasteiger partial charge in [-0.15, -0.1) is 11.3 Å². The summed E-state index contributed by atoms with van der Waals surface area (Å²) < 4.78 is 1.44. The van der Waals surface area contributed by atoms with Crippen molar-refractivity contribution in [2.45, 2.75) is 45.2 Å². The average molecular weight is 416 g/mol. The highest BCUT2D eigenvalue weighted by molar-refractivity contribution is 7.17. The van der Waals surface area contributed by atoms with E-state index in [1.807, 2.05) is 22.4 Å². The number of fused-ring (bicyclic) bond motifs is 1. The Balaban J connectivity index is 1.68. The topological polar surface area (TPSA) is 55.2 Å². The lowest BCUT2D eigenvalue weighted by Gasteiger charge is -2.35. The molecular weight excluding hydrogens is 394 g/mol. The van der Waals surface area contributed by atoms with Crippen LogP contribution in [0.1, 0.15) is 32.6 Å². The fourth-order valence-electron chi connectivity index (χ4n) is 3.91. The highest BCUT2D eigenvalue weighted by atomic mass is 35.5. The number of piperidine rings is 1. The molecule has 1 saturated heterocycles. The molecule has 0 unspecified atom stereocenters. The van der Waals surface area contributed by atoms with Crippen LogP contribution in [0.5, 0.6) is 0 Å². The Morgan fingerprint density at radius 2 is 2.07 bits per heavy atom. The lowest BCUT2D eigenvalue weighted by Crippen LogP contribution is -2.45. The zero-order valence-electron chi connectivity index (χ0n) is 15.7. The maximum atomic E-state index is 13.2. The van der Waals surface area contributed by atoms with Crippen LogP contribution < -0.4 is 5.56 Å². The standard InChI is InChI=1S/C21H22ClN3O2S/c1-2-16-5-3-4-10-25(16)18(26)11-24-13-23-20-19(21(24)27)17(12-28-20)14-6-8-15(22)9-7-14/h6-9,12-13,16H,2-5,10-11H2,1H3/t16-/m1/s1. The van der Waals surface area contributed by atoms with Gasteiger partial charge in [0.2, 0.25) is 5.91 Å². The second kappa shape index (κ2) is 8.05. The molecular formula is C21H22ClN3O2S. The third-order valence-corrected chi connectivity index (χ3v) is 6.58. The number of likely N-dealkylation sites (tertiary alicyclic amines) is 1. The van der Waals surface area contributed by atoms with E-state index in [-0.39, 0.29) is 24.1 Å². The minimum absolute atomic E-state index is 0.00178. The van der Waals surface area contributed by atoms with Gasteiger partial charge in [0.15, 0.2) is 0 Å². The van der Waals surface area contributed by atoms with Crippen molar-refractivity contribution in [2.75, 3.05) is 6.54 Å². The van der Waals surface area contributed by atoms with Crippen LogP contribution in [0.2, 0.25) is 5.02 Å². The SMILES string of the molecule is CC[C@@H]1CCCCN1C(=O)Cn1cnc2scc(-c3ccc(Cl)cc3)c2c1=O. The summed E-state index contributed by atoms with van der Waals surface area (Å²) in [6.45, 7) is 2.92. The van der Waals surface area contributed by atoms with Crippen molar-refractivity contribution in [1.29, 1.82) is 0 Å². The van der Waals surface area contributed by atoms with E-state index >= 15 is 0 Å². The number of amides is 1. The van der Waals surface area contributed by atoms with Gasteiger partial charge in [-0.1, -0.05) is 30.7 Å². The third-order valence-electron chi connectivity index (χ3n) is 5.44. The van der Waals surface area contributed by atoms with Gasteiger partial charge in [0, 0.05) is 28.6 Å². The number of thiophene rings is 1. The van der Waals surface area contributed by atoms with Crippen LogP contribution in [0.4, 0.5) is 0 Å². The number of aromatic nitrogens is 2. The Morgan fingerprint density at radius 3 is 2.82 bits per heavy atom. The first kappa shape index (κ1) is 19.2. The van der Waals surface area contributed by atoms with E-state index in [1.54, 1.807) is 12.1 Å². The predicted octanol–water partition coefficient (Wildman–Crippen LogP) is 4.57.